The highest BCUT2D eigenvalue weighted by atomic mass is 16.4. The summed E-state index contributed by atoms with van der Waals surface area (Å²) >= 11 is 0. The van der Waals surface area contributed by atoms with Gasteiger partial charge in [0.15, 0.2) is 0 Å². The van der Waals surface area contributed by atoms with Crippen molar-refractivity contribution in [3.05, 3.63) is 96.3 Å². The predicted molar refractivity (Wildman–Crippen MR) is 155 cm³/mol. The number of pyridine rings is 2. The van der Waals surface area contributed by atoms with Crippen molar-refractivity contribution in [2.75, 3.05) is 0 Å². The number of hydrogen-bond donors (Lipinski definition) is 4. The van der Waals surface area contributed by atoms with E-state index in [2.05, 4.69) is 20.6 Å². The zero-order chi connectivity index (χ0) is 30.5. The normalized spacial score (nSPS) is 11.3. The Morgan fingerprint density at radius 2 is 0.955 bits per heavy atom. The van der Waals surface area contributed by atoms with E-state index in [0.29, 0.717) is 45.2 Å². The number of aromatic carboxylic acids is 2. The molecule has 0 aliphatic rings. The minimum atomic E-state index is -1.24. The molecule has 7 rings (SSSR count). The topological polar surface area (TPSA) is 202 Å². The molecule has 0 aliphatic heterocycles. The van der Waals surface area contributed by atoms with Crippen molar-refractivity contribution < 1.29 is 30.0 Å². The minimum absolute atomic E-state index is 0.222. The van der Waals surface area contributed by atoms with Gasteiger partial charge >= 0.3 is 11.9 Å². The van der Waals surface area contributed by atoms with Gasteiger partial charge in [-0.3, -0.25) is 0 Å². The Hall–Kier alpha value is -6.70. The van der Waals surface area contributed by atoms with Crippen molar-refractivity contribution in [2.24, 2.45) is 0 Å². The Labute approximate surface area is 245 Å². The van der Waals surface area contributed by atoms with Crippen molar-refractivity contribution in [3.63, 3.8) is 0 Å². The highest BCUT2D eigenvalue weighted by Gasteiger charge is 2.16. The van der Waals surface area contributed by atoms with Crippen molar-refractivity contribution >= 4 is 33.7 Å². The van der Waals surface area contributed by atoms with Gasteiger partial charge in [-0.15, -0.1) is 10.2 Å². The van der Waals surface area contributed by atoms with Gasteiger partial charge in [0.05, 0.1) is 46.2 Å². The average molecular weight is 587 g/mol. The molecule has 0 saturated heterocycles. The van der Waals surface area contributed by atoms with Crippen LogP contribution in [0.2, 0.25) is 0 Å². The van der Waals surface area contributed by atoms with Crippen LogP contribution in [0.25, 0.3) is 56.0 Å². The van der Waals surface area contributed by atoms with E-state index in [1.54, 1.807) is 24.5 Å². The fourth-order valence-corrected chi connectivity index (χ4v) is 4.75. The molecular weight excluding hydrogens is 568 g/mol. The van der Waals surface area contributed by atoms with Gasteiger partial charge in [-0.25, -0.2) is 28.9 Å². The smallest absolute Gasteiger partial charge is 0.339 e. The van der Waals surface area contributed by atoms with Gasteiger partial charge in [-0.2, -0.15) is 0 Å². The first-order chi connectivity index (χ1) is 21.2. The van der Waals surface area contributed by atoms with Crippen LogP contribution in [0.1, 0.15) is 20.7 Å². The largest absolute Gasteiger partial charge is 0.507 e. The third-order valence-corrected chi connectivity index (χ3v) is 6.98. The molecular formula is C30H18N8O6. The van der Waals surface area contributed by atoms with Gasteiger partial charge in [-0.05, 0) is 36.4 Å². The summed E-state index contributed by atoms with van der Waals surface area (Å²) in [6, 6.07) is 19.4. The van der Waals surface area contributed by atoms with Crippen molar-refractivity contribution in [2.45, 2.75) is 0 Å². The number of rotatable bonds is 6. The Bertz CT molecular complexity index is 2130. The second-order valence-corrected chi connectivity index (χ2v) is 9.71. The maximum absolute atomic E-state index is 11.2. The number of carboxylic acid groups (broad SMARTS) is 2. The number of hydrogen-bond acceptors (Lipinski definition) is 10. The van der Waals surface area contributed by atoms with E-state index < -0.39 is 23.4 Å². The van der Waals surface area contributed by atoms with Gasteiger partial charge in [0, 0.05) is 22.9 Å². The fourth-order valence-electron chi connectivity index (χ4n) is 4.75. The molecule has 3 aromatic carbocycles. The number of fused-ring (bicyclic) bond motifs is 3. The van der Waals surface area contributed by atoms with E-state index in [1.165, 1.54) is 45.8 Å². The van der Waals surface area contributed by atoms with Crippen LogP contribution in [0.5, 0.6) is 11.5 Å². The third-order valence-electron chi connectivity index (χ3n) is 6.98. The second-order valence-electron chi connectivity index (χ2n) is 9.71. The van der Waals surface area contributed by atoms with Gasteiger partial charge in [0.25, 0.3) is 0 Å². The fraction of sp³-hybridized carbons (Fsp3) is 0. The lowest BCUT2D eigenvalue weighted by Crippen LogP contribution is -2.00. The van der Waals surface area contributed by atoms with Crippen LogP contribution in [0, 0.1) is 0 Å². The van der Waals surface area contributed by atoms with E-state index in [0.717, 1.165) is 10.8 Å². The van der Waals surface area contributed by atoms with Crippen LogP contribution in [0.4, 0.5) is 0 Å². The molecule has 14 heteroatoms. The van der Waals surface area contributed by atoms with Crippen LogP contribution in [0.15, 0.2) is 85.2 Å². The molecule has 214 valence electrons. The van der Waals surface area contributed by atoms with E-state index in [1.807, 2.05) is 24.3 Å². The van der Waals surface area contributed by atoms with E-state index in [-0.39, 0.29) is 11.1 Å². The maximum atomic E-state index is 11.2. The minimum Gasteiger partial charge on any atom is -0.507 e. The highest BCUT2D eigenvalue weighted by Crippen LogP contribution is 2.29. The van der Waals surface area contributed by atoms with Crippen LogP contribution < -0.4 is 0 Å². The first kappa shape index (κ1) is 26.2. The summed E-state index contributed by atoms with van der Waals surface area (Å²) in [5.41, 5.74) is 3.55. The number of nitrogens with zero attached hydrogens (tertiary/aromatic N) is 8. The highest BCUT2D eigenvalue weighted by molar-refractivity contribution is 6.04. The maximum Gasteiger partial charge on any atom is 0.339 e. The monoisotopic (exact) mass is 586 g/mol. The van der Waals surface area contributed by atoms with Crippen LogP contribution in [-0.2, 0) is 0 Å². The van der Waals surface area contributed by atoms with Crippen LogP contribution in [-0.4, -0.2) is 72.3 Å². The SMILES string of the molecule is O=C(O)c1ccc(-n2cc(-c3ccc4ccc5ccc(-c6cn(-c7ccc(C(=O)O)c(O)c7)nn6)nc5c4n3)nn2)cc1O. The Balaban J connectivity index is 1.25. The molecule has 0 spiro atoms. The zero-order valence-corrected chi connectivity index (χ0v) is 22.3. The lowest BCUT2D eigenvalue weighted by molar-refractivity contribution is 0.0682. The summed E-state index contributed by atoms with van der Waals surface area (Å²) in [6.07, 6.45) is 3.24. The summed E-state index contributed by atoms with van der Waals surface area (Å²) < 4.78 is 2.81. The van der Waals surface area contributed by atoms with Crippen LogP contribution in [0.3, 0.4) is 0 Å². The summed E-state index contributed by atoms with van der Waals surface area (Å²) in [4.78, 5) is 32.1. The molecule has 0 bridgehead atoms. The van der Waals surface area contributed by atoms with Crippen molar-refractivity contribution in [1.82, 2.24) is 40.0 Å². The molecule has 0 unspecified atom stereocenters. The Morgan fingerprint density at radius 3 is 1.34 bits per heavy atom. The summed E-state index contributed by atoms with van der Waals surface area (Å²) in [5.74, 6) is -3.26. The lowest BCUT2D eigenvalue weighted by atomic mass is 10.1. The number of aromatic hydroxyl groups is 2. The van der Waals surface area contributed by atoms with Gasteiger partial charge < -0.3 is 20.4 Å². The van der Waals surface area contributed by atoms with Crippen molar-refractivity contribution in [3.8, 4) is 45.6 Å². The van der Waals surface area contributed by atoms with E-state index in [4.69, 9.17) is 20.2 Å². The lowest BCUT2D eigenvalue weighted by Gasteiger charge is -2.06. The first-order valence-electron chi connectivity index (χ1n) is 12.9. The number of carboxylic acids is 2. The molecule has 14 nitrogen and oxygen atoms in total. The summed E-state index contributed by atoms with van der Waals surface area (Å²) in [5, 5.41) is 56.8. The molecule has 0 amide bonds. The van der Waals surface area contributed by atoms with E-state index >= 15 is 0 Å². The Morgan fingerprint density at radius 1 is 0.545 bits per heavy atom. The predicted octanol–water partition coefficient (Wildman–Crippen LogP) is 4.09. The summed E-state index contributed by atoms with van der Waals surface area (Å²) in [6.45, 7) is 0. The molecule has 0 fully saturated rings. The molecule has 0 aliphatic carbocycles. The number of aromatic nitrogens is 8. The molecule has 0 saturated carbocycles. The van der Waals surface area contributed by atoms with Gasteiger partial charge in [-0.1, -0.05) is 34.7 Å². The molecule has 7 aromatic rings. The number of carbonyl (C=O) groups is 2. The molecule has 4 heterocycles. The number of benzene rings is 3. The second kappa shape index (κ2) is 9.99. The van der Waals surface area contributed by atoms with Crippen molar-refractivity contribution in [1.29, 1.82) is 0 Å². The third kappa shape index (κ3) is 4.48. The van der Waals surface area contributed by atoms with Gasteiger partial charge in [0.2, 0.25) is 0 Å². The molecule has 4 aromatic heterocycles. The van der Waals surface area contributed by atoms with Gasteiger partial charge in [0.1, 0.15) is 34.0 Å². The summed E-state index contributed by atoms with van der Waals surface area (Å²) in [7, 11) is 0. The first-order valence-corrected chi connectivity index (χ1v) is 12.9. The Kier molecular flexibility index (Phi) is 5.95. The van der Waals surface area contributed by atoms with Crippen LogP contribution >= 0.6 is 0 Å². The number of phenols is 2. The standard InChI is InChI=1S/C30H18N8O6/c39-25-11-17(5-7-19(25)29(41)42)37-13-23(33-35-37)21-9-3-15-1-2-16-4-10-22(32-28(16)27(15)31-21)24-14-38(36-34-24)18-6-8-20(30(43)44)26(40)12-18/h1-14,39-40H,(H,41,42)(H,43,44). The molecule has 0 radical (unpaired) electrons. The quantitative estimate of drug-likeness (QED) is 0.204. The zero-order valence-electron chi connectivity index (χ0n) is 22.3. The average Bonchev–Trinajstić information content (AvgIpc) is 3.71. The molecule has 4 N–H and O–H groups in total. The molecule has 44 heavy (non-hydrogen) atoms. The molecule has 0 atom stereocenters. The van der Waals surface area contributed by atoms with E-state index in [9.17, 15) is 19.8 Å².